The molecule has 0 amide bonds. The average molecular weight is 467 g/mol. The minimum Gasteiger partial charge on any atom is -0.507 e. The van der Waals surface area contributed by atoms with Crippen LogP contribution in [0.5, 0.6) is 5.75 Å². The quantitative estimate of drug-likeness (QED) is 0.406. The second-order valence-electron chi connectivity index (χ2n) is 6.51. The Morgan fingerprint density at radius 3 is 2.39 bits per heavy atom. The Bertz CT molecular complexity index is 1230. The summed E-state index contributed by atoms with van der Waals surface area (Å²) in [6.45, 7) is 0.693. The molecule has 0 bridgehead atoms. The lowest BCUT2D eigenvalue weighted by molar-refractivity contribution is 0.460. The van der Waals surface area contributed by atoms with Crippen molar-refractivity contribution in [3.05, 3.63) is 94.1 Å². The molecule has 2 N–H and O–H groups in total. The van der Waals surface area contributed by atoms with Crippen LogP contribution in [0.3, 0.4) is 0 Å². The highest BCUT2D eigenvalue weighted by Gasteiger charge is 2.15. The number of hydrogen-bond donors (Lipinski definition) is 2. The van der Waals surface area contributed by atoms with Crippen LogP contribution in [0.2, 0.25) is 0 Å². The number of hydrogen-bond acceptors (Lipinski definition) is 5. The van der Waals surface area contributed by atoms with Gasteiger partial charge in [0.1, 0.15) is 23.0 Å². The van der Waals surface area contributed by atoms with Gasteiger partial charge in [0.05, 0.1) is 16.8 Å². The van der Waals surface area contributed by atoms with Gasteiger partial charge < -0.3 is 14.8 Å². The summed E-state index contributed by atoms with van der Waals surface area (Å²) < 4.78 is 32.5. The molecular weight excluding hydrogens is 449 g/mol. The molecule has 0 unspecified atom stereocenters. The van der Waals surface area contributed by atoms with Gasteiger partial charge in [0.25, 0.3) is 0 Å². The lowest BCUT2D eigenvalue weighted by Crippen LogP contribution is -2.14. The van der Waals surface area contributed by atoms with E-state index in [-0.39, 0.29) is 53.8 Å². The number of nitrogens with one attached hydrogen (secondary N) is 1. The molecule has 0 atom stereocenters. The van der Waals surface area contributed by atoms with Crippen molar-refractivity contribution in [2.75, 3.05) is 0 Å². The summed E-state index contributed by atoms with van der Waals surface area (Å²) in [4.78, 5) is 16.7. The van der Waals surface area contributed by atoms with Crippen LogP contribution in [-0.4, -0.2) is 10.1 Å². The molecule has 162 valence electrons. The molecule has 0 aliphatic rings. The number of phenolic OH excluding ortho intramolecular Hbond substituents is 1. The molecule has 4 aromatic rings. The summed E-state index contributed by atoms with van der Waals surface area (Å²) >= 11 is 0. The van der Waals surface area contributed by atoms with Gasteiger partial charge in [-0.3, -0.25) is 4.98 Å². The Hall–Kier alpha value is -3.00. The summed E-state index contributed by atoms with van der Waals surface area (Å²) in [5.74, 6) is -1.60. The minimum atomic E-state index is -0.787. The predicted molar refractivity (Wildman–Crippen MR) is 119 cm³/mol. The summed E-state index contributed by atoms with van der Waals surface area (Å²) in [5, 5.41) is 13.9. The SMILES string of the molecule is Cl.Cl.O=c1oc2c(CNCc3ccccn3)c(O)ccc2cc1-c1cc(F)cc(F)c1. The Kier molecular flexibility index (Phi) is 8.10. The number of benzene rings is 2. The van der Waals surface area contributed by atoms with Gasteiger partial charge in [0.15, 0.2) is 0 Å². The molecule has 0 aliphatic carbocycles. The molecule has 2 aromatic heterocycles. The third kappa shape index (κ3) is 5.38. The normalized spacial score (nSPS) is 10.4. The standard InChI is InChI=1S/C22H16F2N2O3.2ClH/c23-15-7-14(8-16(24)10-15)18-9-13-4-5-20(27)19(21(13)29-22(18)28)12-25-11-17-3-1-2-6-26-17;;/h1-10,25,27H,11-12H2;2*1H. The topological polar surface area (TPSA) is 75.4 Å². The maximum Gasteiger partial charge on any atom is 0.344 e. The van der Waals surface area contributed by atoms with Crippen molar-refractivity contribution in [3.8, 4) is 16.9 Å². The first-order valence-electron chi connectivity index (χ1n) is 8.87. The number of fused-ring (bicyclic) bond motifs is 1. The minimum absolute atomic E-state index is 0. The van der Waals surface area contributed by atoms with Gasteiger partial charge in [-0.25, -0.2) is 13.6 Å². The zero-order chi connectivity index (χ0) is 20.4. The van der Waals surface area contributed by atoms with Crippen molar-refractivity contribution in [2.45, 2.75) is 13.1 Å². The Morgan fingerprint density at radius 1 is 0.968 bits per heavy atom. The van der Waals surface area contributed by atoms with E-state index in [1.54, 1.807) is 12.3 Å². The molecule has 0 spiro atoms. The lowest BCUT2D eigenvalue weighted by Gasteiger charge is -2.10. The maximum atomic E-state index is 13.5. The van der Waals surface area contributed by atoms with E-state index in [0.717, 1.165) is 23.9 Å². The number of aromatic nitrogens is 1. The highest BCUT2D eigenvalue weighted by molar-refractivity contribution is 5.86. The number of rotatable bonds is 5. The molecule has 4 rings (SSSR count). The first kappa shape index (κ1) is 24.3. The van der Waals surface area contributed by atoms with Crippen molar-refractivity contribution in [2.24, 2.45) is 0 Å². The van der Waals surface area contributed by atoms with E-state index in [4.69, 9.17) is 4.42 Å². The molecule has 0 saturated carbocycles. The van der Waals surface area contributed by atoms with Gasteiger partial charge in [0.2, 0.25) is 0 Å². The molecule has 0 fully saturated rings. The van der Waals surface area contributed by atoms with Crippen molar-refractivity contribution >= 4 is 35.8 Å². The summed E-state index contributed by atoms with van der Waals surface area (Å²) in [6, 6.07) is 13.0. The first-order valence-corrected chi connectivity index (χ1v) is 8.87. The number of halogens is 4. The van der Waals surface area contributed by atoms with E-state index in [9.17, 15) is 18.7 Å². The maximum absolute atomic E-state index is 13.5. The van der Waals surface area contributed by atoms with E-state index in [1.165, 1.54) is 12.1 Å². The third-order valence-corrected chi connectivity index (χ3v) is 4.49. The highest BCUT2D eigenvalue weighted by Crippen LogP contribution is 2.29. The van der Waals surface area contributed by atoms with Gasteiger partial charge in [-0.05, 0) is 48.0 Å². The summed E-state index contributed by atoms with van der Waals surface area (Å²) in [6.07, 6.45) is 1.68. The van der Waals surface area contributed by atoms with E-state index in [2.05, 4.69) is 10.3 Å². The van der Waals surface area contributed by atoms with Crippen molar-refractivity contribution in [1.82, 2.24) is 10.3 Å². The van der Waals surface area contributed by atoms with Crippen LogP contribution < -0.4 is 10.9 Å². The Labute approximate surface area is 188 Å². The molecule has 0 saturated heterocycles. The first-order chi connectivity index (χ1) is 14.0. The fourth-order valence-corrected chi connectivity index (χ4v) is 3.13. The number of aromatic hydroxyl groups is 1. The molecule has 5 nitrogen and oxygen atoms in total. The zero-order valence-electron chi connectivity index (χ0n) is 16.0. The highest BCUT2D eigenvalue weighted by atomic mass is 35.5. The van der Waals surface area contributed by atoms with Crippen LogP contribution >= 0.6 is 24.8 Å². The molecular formula is C22H18Cl2F2N2O3. The summed E-state index contributed by atoms with van der Waals surface area (Å²) in [5.41, 5.74) is 0.815. The Morgan fingerprint density at radius 2 is 1.71 bits per heavy atom. The fourth-order valence-electron chi connectivity index (χ4n) is 3.13. The molecule has 2 aromatic carbocycles. The van der Waals surface area contributed by atoms with E-state index >= 15 is 0 Å². The van der Waals surface area contributed by atoms with Crippen LogP contribution in [-0.2, 0) is 13.1 Å². The Balaban J connectivity index is 0.00000171. The largest absolute Gasteiger partial charge is 0.507 e. The van der Waals surface area contributed by atoms with Crippen molar-refractivity contribution < 1.29 is 18.3 Å². The van der Waals surface area contributed by atoms with Gasteiger partial charge in [-0.15, -0.1) is 24.8 Å². The van der Waals surface area contributed by atoms with Gasteiger partial charge in [-0.1, -0.05) is 6.07 Å². The number of nitrogens with zero attached hydrogens (tertiary/aromatic N) is 1. The predicted octanol–water partition coefficient (Wildman–Crippen LogP) is 4.97. The second-order valence-corrected chi connectivity index (χ2v) is 6.51. The van der Waals surface area contributed by atoms with Gasteiger partial charge in [0, 0.05) is 30.7 Å². The number of pyridine rings is 1. The van der Waals surface area contributed by atoms with Crippen LogP contribution in [0.1, 0.15) is 11.3 Å². The molecule has 9 heteroatoms. The molecule has 0 radical (unpaired) electrons. The van der Waals surface area contributed by atoms with Crippen LogP contribution in [0, 0.1) is 11.6 Å². The average Bonchev–Trinajstić information content (AvgIpc) is 2.69. The van der Waals surface area contributed by atoms with Gasteiger partial charge in [-0.2, -0.15) is 0 Å². The van der Waals surface area contributed by atoms with Crippen LogP contribution in [0.15, 0.2) is 70.0 Å². The molecule has 0 aliphatic heterocycles. The van der Waals surface area contributed by atoms with Crippen LogP contribution in [0.4, 0.5) is 8.78 Å². The molecule has 31 heavy (non-hydrogen) atoms. The summed E-state index contributed by atoms with van der Waals surface area (Å²) in [7, 11) is 0. The molecule has 2 heterocycles. The third-order valence-electron chi connectivity index (χ3n) is 4.49. The van der Waals surface area contributed by atoms with E-state index in [1.807, 2.05) is 18.2 Å². The number of phenols is 1. The lowest BCUT2D eigenvalue weighted by atomic mass is 10.0. The van der Waals surface area contributed by atoms with Crippen molar-refractivity contribution in [1.29, 1.82) is 0 Å². The van der Waals surface area contributed by atoms with E-state index < -0.39 is 17.3 Å². The monoisotopic (exact) mass is 466 g/mol. The zero-order valence-corrected chi connectivity index (χ0v) is 17.6. The van der Waals surface area contributed by atoms with E-state index in [0.29, 0.717) is 17.5 Å². The second kappa shape index (κ2) is 10.3. The fraction of sp³-hybridized carbons (Fsp3) is 0.0909. The van der Waals surface area contributed by atoms with Crippen LogP contribution in [0.25, 0.3) is 22.1 Å². The van der Waals surface area contributed by atoms with Crippen molar-refractivity contribution in [3.63, 3.8) is 0 Å². The smallest absolute Gasteiger partial charge is 0.344 e. The van der Waals surface area contributed by atoms with Gasteiger partial charge >= 0.3 is 5.63 Å².